The van der Waals surface area contributed by atoms with Gasteiger partial charge in [0.1, 0.15) is 11.9 Å². The van der Waals surface area contributed by atoms with Crippen LogP contribution < -0.4 is 10.0 Å². The number of nitrogens with one attached hydrogen (secondary N) is 2. The molecule has 0 radical (unpaired) electrons. The van der Waals surface area contributed by atoms with Gasteiger partial charge in [-0.3, -0.25) is 4.79 Å². The van der Waals surface area contributed by atoms with Gasteiger partial charge < -0.3 is 5.32 Å². The van der Waals surface area contributed by atoms with Crippen LogP contribution in [0.4, 0.5) is 4.39 Å². The average molecular weight is 481 g/mol. The van der Waals surface area contributed by atoms with Crippen LogP contribution >= 0.6 is 23.2 Å². The van der Waals surface area contributed by atoms with Gasteiger partial charge in [0.15, 0.2) is 0 Å². The van der Waals surface area contributed by atoms with Crippen molar-refractivity contribution in [3.05, 3.63) is 99.8 Å². The Kier molecular flexibility index (Phi) is 7.67. The van der Waals surface area contributed by atoms with Gasteiger partial charge in [-0.2, -0.15) is 4.72 Å². The lowest BCUT2D eigenvalue weighted by molar-refractivity contribution is -0.122. The smallest absolute Gasteiger partial charge is 0.241 e. The normalized spacial score (nSPS) is 12.4. The molecule has 0 aliphatic heterocycles. The highest BCUT2D eigenvalue weighted by atomic mass is 35.5. The van der Waals surface area contributed by atoms with Crippen LogP contribution in [0.25, 0.3) is 0 Å². The van der Waals surface area contributed by atoms with Gasteiger partial charge in [0.05, 0.1) is 4.90 Å². The summed E-state index contributed by atoms with van der Waals surface area (Å²) in [6.07, 6.45) is 0.126. The van der Waals surface area contributed by atoms with Crippen molar-refractivity contribution < 1.29 is 17.6 Å². The standard InChI is InChI=1S/C22H19Cl2FN2O3S/c23-17-7-6-16(20(24)13-17)14-26-22(28)21(12-15-4-2-1-3-5-15)27-31(29,30)19-10-8-18(25)9-11-19/h1-11,13,21,27H,12,14H2,(H,26,28). The molecule has 0 aliphatic carbocycles. The summed E-state index contributed by atoms with van der Waals surface area (Å²) in [6, 6.07) is 17.2. The number of hydrogen-bond donors (Lipinski definition) is 2. The van der Waals surface area contributed by atoms with Gasteiger partial charge in [0.2, 0.25) is 15.9 Å². The predicted octanol–water partition coefficient (Wildman–Crippen LogP) is 4.34. The second-order valence-corrected chi connectivity index (χ2v) is 9.33. The van der Waals surface area contributed by atoms with E-state index in [-0.39, 0.29) is 17.9 Å². The summed E-state index contributed by atoms with van der Waals surface area (Å²) in [5, 5.41) is 3.56. The molecule has 0 bridgehead atoms. The molecular formula is C22H19Cl2FN2O3S. The first-order valence-corrected chi connectivity index (χ1v) is 11.5. The highest BCUT2D eigenvalue weighted by Gasteiger charge is 2.26. The molecule has 0 saturated heterocycles. The Morgan fingerprint density at radius 3 is 2.29 bits per heavy atom. The van der Waals surface area contributed by atoms with Crippen LogP contribution in [0.5, 0.6) is 0 Å². The molecule has 0 aliphatic rings. The maximum absolute atomic E-state index is 13.2. The van der Waals surface area contributed by atoms with Crippen LogP contribution in [0.2, 0.25) is 10.0 Å². The average Bonchev–Trinajstić information content (AvgIpc) is 2.73. The highest BCUT2D eigenvalue weighted by Crippen LogP contribution is 2.21. The first kappa shape index (κ1) is 23.2. The van der Waals surface area contributed by atoms with Crippen molar-refractivity contribution in [1.82, 2.24) is 10.0 Å². The van der Waals surface area contributed by atoms with Crippen molar-refractivity contribution >= 4 is 39.1 Å². The van der Waals surface area contributed by atoms with Crippen molar-refractivity contribution in [3.8, 4) is 0 Å². The Hall–Kier alpha value is -2.45. The SMILES string of the molecule is O=C(NCc1ccc(Cl)cc1Cl)C(Cc1ccccc1)NS(=O)(=O)c1ccc(F)cc1. The van der Waals surface area contributed by atoms with Crippen LogP contribution in [0.3, 0.4) is 0 Å². The molecule has 0 heterocycles. The largest absolute Gasteiger partial charge is 0.351 e. The topological polar surface area (TPSA) is 75.3 Å². The van der Waals surface area contributed by atoms with Gasteiger partial charge in [-0.25, -0.2) is 12.8 Å². The molecule has 0 saturated carbocycles. The molecule has 1 atom stereocenters. The summed E-state index contributed by atoms with van der Waals surface area (Å²) in [7, 11) is -4.06. The molecular weight excluding hydrogens is 462 g/mol. The summed E-state index contributed by atoms with van der Waals surface area (Å²) in [5.74, 6) is -1.09. The van der Waals surface area contributed by atoms with Crippen LogP contribution in [0, 0.1) is 5.82 Å². The molecule has 0 aromatic heterocycles. The Labute approximate surface area is 190 Å². The summed E-state index contributed by atoms with van der Waals surface area (Å²) >= 11 is 12.0. The van der Waals surface area contributed by atoms with E-state index in [1.165, 1.54) is 0 Å². The van der Waals surface area contributed by atoms with Gasteiger partial charge >= 0.3 is 0 Å². The van der Waals surface area contributed by atoms with E-state index < -0.39 is 27.8 Å². The quantitative estimate of drug-likeness (QED) is 0.503. The first-order chi connectivity index (χ1) is 14.7. The fourth-order valence-electron chi connectivity index (χ4n) is 2.88. The number of hydrogen-bond acceptors (Lipinski definition) is 3. The Bertz CT molecular complexity index is 1160. The first-order valence-electron chi connectivity index (χ1n) is 9.28. The third-order valence-corrected chi connectivity index (χ3v) is 6.56. The number of amides is 1. The Morgan fingerprint density at radius 1 is 0.968 bits per heavy atom. The maximum Gasteiger partial charge on any atom is 0.241 e. The summed E-state index contributed by atoms with van der Waals surface area (Å²) < 4.78 is 41.1. The van der Waals surface area contributed by atoms with Crippen LogP contribution in [0.15, 0.2) is 77.7 Å². The molecule has 31 heavy (non-hydrogen) atoms. The predicted molar refractivity (Wildman–Crippen MR) is 119 cm³/mol. The van der Waals surface area contributed by atoms with Crippen LogP contribution in [-0.4, -0.2) is 20.4 Å². The zero-order valence-corrected chi connectivity index (χ0v) is 18.5. The van der Waals surface area contributed by atoms with Crippen LogP contribution in [0.1, 0.15) is 11.1 Å². The van der Waals surface area contributed by atoms with E-state index in [9.17, 15) is 17.6 Å². The van der Waals surface area contributed by atoms with Gasteiger partial charge in [0.25, 0.3) is 0 Å². The molecule has 0 fully saturated rings. The zero-order valence-electron chi connectivity index (χ0n) is 16.2. The number of halogens is 3. The summed E-state index contributed by atoms with van der Waals surface area (Å²) in [6.45, 7) is 0.0956. The molecule has 2 N–H and O–H groups in total. The Morgan fingerprint density at radius 2 is 1.65 bits per heavy atom. The minimum Gasteiger partial charge on any atom is -0.351 e. The minimum absolute atomic E-state index is 0.0956. The number of benzene rings is 3. The lowest BCUT2D eigenvalue weighted by Gasteiger charge is -2.19. The fraction of sp³-hybridized carbons (Fsp3) is 0.136. The second kappa shape index (κ2) is 10.2. The monoisotopic (exact) mass is 480 g/mol. The number of sulfonamides is 1. The molecule has 3 aromatic carbocycles. The minimum atomic E-state index is -4.06. The zero-order chi connectivity index (χ0) is 22.4. The molecule has 9 heteroatoms. The third kappa shape index (κ3) is 6.51. The van der Waals surface area contributed by atoms with Gasteiger partial charge in [-0.1, -0.05) is 59.6 Å². The second-order valence-electron chi connectivity index (χ2n) is 6.77. The molecule has 5 nitrogen and oxygen atoms in total. The van der Waals surface area contributed by atoms with E-state index in [1.807, 2.05) is 6.07 Å². The van der Waals surface area contributed by atoms with E-state index in [0.717, 1.165) is 29.8 Å². The van der Waals surface area contributed by atoms with E-state index in [1.54, 1.807) is 42.5 Å². The van der Waals surface area contributed by atoms with Crippen molar-refractivity contribution in [2.75, 3.05) is 0 Å². The van der Waals surface area contributed by atoms with Gasteiger partial charge in [-0.05, 0) is 53.9 Å². The lowest BCUT2D eigenvalue weighted by Crippen LogP contribution is -2.47. The van der Waals surface area contributed by atoms with E-state index in [2.05, 4.69) is 10.0 Å². The van der Waals surface area contributed by atoms with Gasteiger partial charge in [-0.15, -0.1) is 0 Å². The van der Waals surface area contributed by atoms with E-state index in [0.29, 0.717) is 15.6 Å². The summed E-state index contributed by atoms with van der Waals surface area (Å²) in [4.78, 5) is 12.8. The van der Waals surface area contributed by atoms with E-state index in [4.69, 9.17) is 23.2 Å². The van der Waals surface area contributed by atoms with Crippen molar-refractivity contribution in [2.45, 2.75) is 23.9 Å². The molecule has 1 amide bonds. The number of carbonyl (C=O) groups excluding carboxylic acids is 1. The van der Waals surface area contributed by atoms with Crippen molar-refractivity contribution in [2.24, 2.45) is 0 Å². The summed E-state index contributed by atoms with van der Waals surface area (Å²) in [5.41, 5.74) is 1.41. The van der Waals surface area contributed by atoms with E-state index >= 15 is 0 Å². The molecule has 0 spiro atoms. The molecule has 162 valence electrons. The molecule has 3 rings (SSSR count). The molecule has 1 unspecified atom stereocenters. The third-order valence-electron chi connectivity index (χ3n) is 4.49. The fourth-order valence-corrected chi connectivity index (χ4v) is 4.55. The number of rotatable bonds is 8. The highest BCUT2D eigenvalue weighted by molar-refractivity contribution is 7.89. The molecule has 3 aromatic rings. The number of carbonyl (C=O) groups is 1. The van der Waals surface area contributed by atoms with Crippen molar-refractivity contribution in [1.29, 1.82) is 0 Å². The lowest BCUT2D eigenvalue weighted by atomic mass is 10.1. The van der Waals surface area contributed by atoms with Crippen molar-refractivity contribution in [3.63, 3.8) is 0 Å². The van der Waals surface area contributed by atoms with Crippen LogP contribution in [-0.2, 0) is 27.8 Å². The Balaban J connectivity index is 1.79. The van der Waals surface area contributed by atoms with Gasteiger partial charge in [0, 0.05) is 16.6 Å². The maximum atomic E-state index is 13.2.